The monoisotopic (exact) mass is 275 g/mol. The summed E-state index contributed by atoms with van der Waals surface area (Å²) in [5.41, 5.74) is 7.53. The van der Waals surface area contributed by atoms with Gasteiger partial charge in [0, 0.05) is 5.69 Å². The average Bonchev–Trinajstić information content (AvgIpc) is 2.74. The molecule has 3 rings (SSSR count). The predicted molar refractivity (Wildman–Crippen MR) is 73.8 cm³/mol. The molecule has 19 heavy (non-hydrogen) atoms. The van der Waals surface area contributed by atoms with E-state index in [0.717, 1.165) is 24.1 Å². The lowest BCUT2D eigenvalue weighted by atomic mass is 10.1. The molecule has 4 N–H and O–H groups in total. The minimum Gasteiger partial charge on any atom is -0.368 e. The summed E-state index contributed by atoms with van der Waals surface area (Å²) in [6, 6.07) is 7.86. The fourth-order valence-corrected chi connectivity index (χ4v) is 2.95. The van der Waals surface area contributed by atoms with Crippen LogP contribution < -0.4 is 11.1 Å². The van der Waals surface area contributed by atoms with Crippen molar-refractivity contribution in [2.45, 2.75) is 23.2 Å². The van der Waals surface area contributed by atoms with Crippen molar-refractivity contribution < 1.29 is 4.79 Å². The number of hydrogen-bond acceptors (Lipinski definition) is 5. The lowest BCUT2D eigenvalue weighted by Crippen LogP contribution is -2.23. The number of nitrogens with one attached hydrogen (secondary N) is 2. The van der Waals surface area contributed by atoms with Gasteiger partial charge in [-0.25, -0.2) is 5.10 Å². The van der Waals surface area contributed by atoms with Crippen molar-refractivity contribution >= 4 is 29.3 Å². The van der Waals surface area contributed by atoms with Crippen LogP contribution in [0.4, 0.5) is 11.6 Å². The van der Waals surface area contributed by atoms with Gasteiger partial charge in [0.1, 0.15) is 0 Å². The third kappa shape index (κ3) is 2.55. The molecule has 2 heterocycles. The molecule has 1 amide bonds. The number of aromatic nitrogens is 3. The van der Waals surface area contributed by atoms with Crippen molar-refractivity contribution in [3.63, 3.8) is 0 Å². The SMILES string of the molecule is Nc1nc(S[C@@H]2CCc3ccccc3NC2=O)n[nH]1. The molecule has 0 aliphatic carbocycles. The van der Waals surface area contributed by atoms with Gasteiger partial charge in [-0.2, -0.15) is 4.98 Å². The molecule has 0 unspecified atom stereocenters. The molecule has 0 bridgehead atoms. The molecular weight excluding hydrogens is 262 g/mol. The smallest absolute Gasteiger partial charge is 0.237 e. The van der Waals surface area contributed by atoms with Crippen LogP contribution in [0.2, 0.25) is 0 Å². The Balaban J connectivity index is 1.77. The molecule has 0 radical (unpaired) electrons. The van der Waals surface area contributed by atoms with Crippen LogP contribution in [-0.4, -0.2) is 26.3 Å². The number of nitrogens with zero attached hydrogens (tertiary/aromatic N) is 2. The molecule has 2 aromatic rings. The first-order valence-electron chi connectivity index (χ1n) is 5.95. The quantitative estimate of drug-likeness (QED) is 0.770. The van der Waals surface area contributed by atoms with E-state index in [9.17, 15) is 4.79 Å². The van der Waals surface area contributed by atoms with E-state index >= 15 is 0 Å². The number of para-hydroxylation sites is 1. The number of hydrogen-bond donors (Lipinski definition) is 3. The molecule has 98 valence electrons. The Morgan fingerprint density at radius 3 is 3.00 bits per heavy atom. The van der Waals surface area contributed by atoms with Crippen molar-refractivity contribution in [3.05, 3.63) is 29.8 Å². The van der Waals surface area contributed by atoms with Crippen molar-refractivity contribution in [1.82, 2.24) is 15.2 Å². The van der Waals surface area contributed by atoms with Gasteiger partial charge >= 0.3 is 0 Å². The molecule has 1 aliphatic rings. The van der Waals surface area contributed by atoms with Gasteiger partial charge in [-0.1, -0.05) is 30.0 Å². The number of carbonyl (C=O) groups is 1. The van der Waals surface area contributed by atoms with Crippen LogP contribution >= 0.6 is 11.8 Å². The Morgan fingerprint density at radius 1 is 1.37 bits per heavy atom. The highest BCUT2D eigenvalue weighted by Crippen LogP contribution is 2.29. The Bertz CT molecular complexity index is 612. The summed E-state index contributed by atoms with van der Waals surface area (Å²) in [5.74, 6) is 0.248. The number of nitrogens with two attached hydrogens (primary N) is 1. The lowest BCUT2D eigenvalue weighted by Gasteiger charge is -2.09. The Kier molecular flexibility index (Phi) is 3.12. The normalized spacial score (nSPS) is 18.5. The minimum absolute atomic E-state index is 0.0154. The molecule has 6 nitrogen and oxygen atoms in total. The number of thioether (sulfide) groups is 1. The van der Waals surface area contributed by atoms with Crippen LogP contribution in [0.15, 0.2) is 29.4 Å². The first-order valence-corrected chi connectivity index (χ1v) is 6.83. The largest absolute Gasteiger partial charge is 0.368 e. The van der Waals surface area contributed by atoms with E-state index in [1.807, 2.05) is 24.3 Å². The van der Waals surface area contributed by atoms with Gasteiger partial charge in [-0.15, -0.1) is 5.10 Å². The van der Waals surface area contributed by atoms with Crippen LogP contribution in [0.25, 0.3) is 0 Å². The maximum atomic E-state index is 12.2. The van der Waals surface area contributed by atoms with E-state index in [2.05, 4.69) is 20.5 Å². The minimum atomic E-state index is -0.206. The number of rotatable bonds is 2. The molecule has 0 spiro atoms. The second-order valence-corrected chi connectivity index (χ2v) is 5.46. The zero-order chi connectivity index (χ0) is 13.2. The highest BCUT2D eigenvalue weighted by atomic mass is 32.2. The number of carbonyl (C=O) groups excluding carboxylic acids is 1. The summed E-state index contributed by atoms with van der Waals surface area (Å²) in [4.78, 5) is 16.2. The second-order valence-electron chi connectivity index (χ2n) is 4.29. The van der Waals surface area contributed by atoms with Gasteiger partial charge in [0.2, 0.25) is 17.0 Å². The molecule has 0 fully saturated rings. The van der Waals surface area contributed by atoms with Crippen LogP contribution in [0.5, 0.6) is 0 Å². The first kappa shape index (κ1) is 12.0. The highest BCUT2D eigenvalue weighted by molar-refractivity contribution is 8.00. The molecule has 0 saturated carbocycles. The van der Waals surface area contributed by atoms with Gasteiger partial charge in [0.05, 0.1) is 5.25 Å². The van der Waals surface area contributed by atoms with E-state index in [1.54, 1.807) is 0 Å². The number of H-pyrrole nitrogens is 1. The Labute approximate surface area is 114 Å². The fourth-order valence-electron chi connectivity index (χ4n) is 2.04. The zero-order valence-electron chi connectivity index (χ0n) is 10.1. The lowest BCUT2D eigenvalue weighted by molar-refractivity contribution is -0.115. The fraction of sp³-hybridized carbons (Fsp3) is 0.250. The van der Waals surface area contributed by atoms with E-state index in [1.165, 1.54) is 11.8 Å². The molecule has 1 aliphatic heterocycles. The Hall–Kier alpha value is -2.02. The number of aryl methyl sites for hydroxylation is 1. The zero-order valence-corrected chi connectivity index (χ0v) is 10.9. The molecule has 1 aromatic heterocycles. The summed E-state index contributed by atoms with van der Waals surface area (Å²) in [6.45, 7) is 0. The highest BCUT2D eigenvalue weighted by Gasteiger charge is 2.25. The van der Waals surface area contributed by atoms with E-state index in [-0.39, 0.29) is 17.1 Å². The van der Waals surface area contributed by atoms with Crippen LogP contribution in [0.1, 0.15) is 12.0 Å². The Morgan fingerprint density at radius 2 is 2.21 bits per heavy atom. The predicted octanol–water partition coefficient (Wildman–Crippen LogP) is 1.43. The third-order valence-electron chi connectivity index (χ3n) is 2.97. The maximum Gasteiger partial charge on any atom is 0.237 e. The molecule has 7 heteroatoms. The van der Waals surface area contributed by atoms with Gasteiger partial charge in [-0.05, 0) is 24.5 Å². The summed E-state index contributed by atoms with van der Waals surface area (Å²) < 4.78 is 0. The average molecular weight is 275 g/mol. The number of amides is 1. The first-order chi connectivity index (χ1) is 9.22. The van der Waals surface area contributed by atoms with E-state index in [0.29, 0.717) is 5.16 Å². The summed E-state index contributed by atoms with van der Waals surface area (Å²) in [7, 11) is 0. The van der Waals surface area contributed by atoms with Gasteiger partial charge in [0.25, 0.3) is 0 Å². The molecule has 0 saturated heterocycles. The van der Waals surface area contributed by atoms with Crippen molar-refractivity contribution in [2.75, 3.05) is 11.1 Å². The summed E-state index contributed by atoms with van der Waals surface area (Å²) in [5, 5.41) is 9.76. The van der Waals surface area contributed by atoms with Gasteiger partial charge in [0.15, 0.2) is 0 Å². The van der Waals surface area contributed by atoms with Gasteiger partial charge in [-0.3, -0.25) is 4.79 Å². The molecular formula is C12H13N5OS. The van der Waals surface area contributed by atoms with E-state index in [4.69, 9.17) is 5.73 Å². The summed E-state index contributed by atoms with van der Waals surface area (Å²) in [6.07, 6.45) is 1.61. The second kappa shape index (κ2) is 4.93. The molecule has 1 atom stereocenters. The topological polar surface area (TPSA) is 96.7 Å². The van der Waals surface area contributed by atoms with Crippen molar-refractivity contribution in [3.8, 4) is 0 Å². The number of aromatic amines is 1. The number of anilines is 2. The number of fused-ring (bicyclic) bond motifs is 1. The standard InChI is InChI=1S/C12H13N5OS/c13-11-15-12(17-16-11)19-9-6-5-7-3-1-2-4-8(7)14-10(9)18/h1-4,9H,5-6H2,(H,14,18)(H3,13,15,16,17)/t9-/m1/s1. The van der Waals surface area contributed by atoms with Crippen LogP contribution in [0, 0.1) is 0 Å². The number of benzene rings is 1. The third-order valence-corrected chi connectivity index (χ3v) is 4.10. The van der Waals surface area contributed by atoms with Crippen LogP contribution in [-0.2, 0) is 11.2 Å². The number of nitrogen functional groups attached to an aromatic ring is 1. The van der Waals surface area contributed by atoms with Crippen molar-refractivity contribution in [2.24, 2.45) is 0 Å². The summed E-state index contributed by atoms with van der Waals surface area (Å²) >= 11 is 1.33. The molecule has 1 aromatic carbocycles. The van der Waals surface area contributed by atoms with Gasteiger partial charge < -0.3 is 11.1 Å². The van der Waals surface area contributed by atoms with Crippen LogP contribution in [0.3, 0.4) is 0 Å². The van der Waals surface area contributed by atoms with E-state index < -0.39 is 0 Å². The maximum absolute atomic E-state index is 12.2. The van der Waals surface area contributed by atoms with Crippen molar-refractivity contribution in [1.29, 1.82) is 0 Å².